The molecule has 3 heterocycles. The van der Waals surface area contributed by atoms with E-state index in [4.69, 9.17) is 9.47 Å². The zero-order valence-corrected chi connectivity index (χ0v) is 17.1. The van der Waals surface area contributed by atoms with E-state index in [1.165, 1.54) is 5.56 Å². The highest BCUT2D eigenvalue weighted by Crippen LogP contribution is 2.32. The van der Waals surface area contributed by atoms with Crippen LogP contribution in [-0.2, 0) is 13.0 Å². The van der Waals surface area contributed by atoms with Gasteiger partial charge in [-0.05, 0) is 72.0 Å². The Labute approximate surface area is 172 Å². The molecule has 1 aromatic carbocycles. The van der Waals surface area contributed by atoms with Crippen LogP contribution in [0.1, 0.15) is 34.0 Å². The minimum atomic E-state index is -0.338. The van der Waals surface area contributed by atoms with Gasteiger partial charge in [-0.1, -0.05) is 6.07 Å². The zero-order valence-electron chi connectivity index (χ0n) is 16.3. The van der Waals surface area contributed by atoms with Gasteiger partial charge in [0.25, 0.3) is 11.5 Å². The highest BCUT2D eigenvalue weighted by Gasteiger charge is 2.19. The van der Waals surface area contributed by atoms with E-state index in [9.17, 15) is 9.59 Å². The van der Waals surface area contributed by atoms with Crippen LogP contribution in [0.4, 0.5) is 0 Å². The number of amides is 1. The molecule has 0 aliphatic carbocycles. The van der Waals surface area contributed by atoms with Crippen molar-refractivity contribution < 1.29 is 14.3 Å². The highest BCUT2D eigenvalue weighted by atomic mass is 32.1. The van der Waals surface area contributed by atoms with E-state index in [1.54, 1.807) is 35.1 Å². The van der Waals surface area contributed by atoms with Gasteiger partial charge < -0.3 is 19.4 Å². The number of nitrogens with one attached hydrogen (secondary N) is 1. The van der Waals surface area contributed by atoms with E-state index in [2.05, 4.69) is 10.7 Å². The summed E-state index contributed by atoms with van der Waals surface area (Å²) in [5, 5.41) is 7.04. The minimum Gasteiger partial charge on any atom is -0.454 e. The molecular weight excluding hydrogens is 388 g/mol. The van der Waals surface area contributed by atoms with Crippen LogP contribution in [0.3, 0.4) is 0 Å². The number of pyridine rings is 1. The third-order valence-electron chi connectivity index (χ3n) is 4.89. The third-order valence-corrected chi connectivity index (χ3v) is 5.62. The monoisotopic (exact) mass is 410 g/mol. The number of aromatic nitrogens is 1. The average molecular weight is 410 g/mol. The van der Waals surface area contributed by atoms with Crippen molar-refractivity contribution >= 4 is 17.2 Å². The van der Waals surface area contributed by atoms with Crippen LogP contribution in [0.5, 0.6) is 11.5 Å². The molecule has 29 heavy (non-hydrogen) atoms. The Morgan fingerprint density at radius 1 is 1.21 bits per heavy atom. The van der Waals surface area contributed by atoms with Gasteiger partial charge in [0, 0.05) is 12.2 Å². The number of benzene rings is 1. The molecule has 3 aromatic rings. The first-order valence-electron chi connectivity index (χ1n) is 9.42. The van der Waals surface area contributed by atoms with Crippen LogP contribution in [-0.4, -0.2) is 23.3 Å². The maximum absolute atomic E-state index is 13.0. The number of hydrogen-bond donors (Lipinski definition) is 1. The topological polar surface area (TPSA) is 69.6 Å². The predicted octanol–water partition coefficient (Wildman–Crippen LogP) is 3.36. The predicted molar refractivity (Wildman–Crippen MR) is 112 cm³/mol. The van der Waals surface area contributed by atoms with E-state index in [0.29, 0.717) is 23.6 Å². The van der Waals surface area contributed by atoms with Crippen molar-refractivity contribution in [3.8, 4) is 11.5 Å². The van der Waals surface area contributed by atoms with Crippen molar-refractivity contribution in [2.45, 2.75) is 32.9 Å². The number of hydrogen-bond acceptors (Lipinski definition) is 5. The van der Waals surface area contributed by atoms with E-state index in [0.717, 1.165) is 12.0 Å². The molecular formula is C22H22N2O4S. The second-order valence-corrected chi connectivity index (χ2v) is 7.98. The Morgan fingerprint density at radius 3 is 2.83 bits per heavy atom. The van der Waals surface area contributed by atoms with E-state index in [1.807, 2.05) is 36.6 Å². The van der Waals surface area contributed by atoms with Gasteiger partial charge in [-0.25, -0.2) is 0 Å². The van der Waals surface area contributed by atoms with Crippen molar-refractivity contribution in [1.82, 2.24) is 9.88 Å². The first kappa shape index (κ1) is 19.3. The Balaban J connectivity index is 1.53. The van der Waals surface area contributed by atoms with Crippen molar-refractivity contribution in [2.24, 2.45) is 0 Å². The first-order valence-corrected chi connectivity index (χ1v) is 10.4. The summed E-state index contributed by atoms with van der Waals surface area (Å²) in [6.07, 6.45) is 2.44. The SMILES string of the molecule is Cc1ccn(Cc2ccc3c(c2)OCO3)c(=O)c1C(=O)NC(C)Cc1ccsc1. The number of carbonyl (C=O) groups is 1. The molecule has 0 radical (unpaired) electrons. The molecule has 1 aliphatic heterocycles. The Kier molecular flexibility index (Phi) is 5.40. The smallest absolute Gasteiger partial charge is 0.263 e. The summed E-state index contributed by atoms with van der Waals surface area (Å²) in [6, 6.07) is 9.35. The van der Waals surface area contributed by atoms with Gasteiger partial charge in [0.05, 0.1) is 6.54 Å². The lowest BCUT2D eigenvalue weighted by atomic mass is 10.1. The van der Waals surface area contributed by atoms with Crippen molar-refractivity contribution in [3.05, 3.63) is 79.9 Å². The summed E-state index contributed by atoms with van der Waals surface area (Å²) in [5.41, 5.74) is 2.62. The third kappa shape index (κ3) is 4.19. The average Bonchev–Trinajstić information content (AvgIpc) is 3.35. The number of carbonyl (C=O) groups excluding carboxylic acids is 1. The van der Waals surface area contributed by atoms with E-state index in [-0.39, 0.29) is 29.9 Å². The standard InChI is InChI=1S/C22H22N2O4S/c1-14-5-7-24(11-16-3-4-18-19(10-16)28-13-27-18)22(26)20(14)21(25)23-15(2)9-17-6-8-29-12-17/h3-8,10,12,15H,9,11,13H2,1-2H3,(H,23,25). The second kappa shape index (κ2) is 8.13. The lowest BCUT2D eigenvalue weighted by Crippen LogP contribution is -2.39. The van der Waals surface area contributed by atoms with Gasteiger partial charge in [0.15, 0.2) is 11.5 Å². The fraction of sp³-hybridized carbons (Fsp3) is 0.273. The molecule has 1 unspecified atom stereocenters. The number of rotatable bonds is 6. The van der Waals surface area contributed by atoms with E-state index < -0.39 is 0 Å². The second-order valence-electron chi connectivity index (χ2n) is 7.20. The van der Waals surface area contributed by atoms with Gasteiger partial charge in [0.1, 0.15) is 5.56 Å². The van der Waals surface area contributed by atoms with Gasteiger partial charge in [-0.2, -0.15) is 11.3 Å². The largest absolute Gasteiger partial charge is 0.454 e. The molecule has 0 bridgehead atoms. The lowest BCUT2D eigenvalue weighted by Gasteiger charge is -2.15. The number of aryl methyl sites for hydroxylation is 1. The first-order chi connectivity index (χ1) is 14.0. The molecule has 7 heteroatoms. The molecule has 0 saturated heterocycles. The number of nitrogens with zero attached hydrogens (tertiary/aromatic N) is 1. The van der Waals surface area contributed by atoms with Crippen molar-refractivity contribution in [2.75, 3.05) is 6.79 Å². The molecule has 0 spiro atoms. The minimum absolute atomic E-state index is 0.0709. The molecule has 1 atom stereocenters. The summed E-state index contributed by atoms with van der Waals surface area (Å²) >= 11 is 1.63. The number of fused-ring (bicyclic) bond motifs is 1. The van der Waals surface area contributed by atoms with Crippen LogP contribution in [0.2, 0.25) is 0 Å². The molecule has 2 aromatic heterocycles. The van der Waals surface area contributed by atoms with E-state index >= 15 is 0 Å². The summed E-state index contributed by atoms with van der Waals surface area (Å²) in [4.78, 5) is 25.8. The summed E-state index contributed by atoms with van der Waals surface area (Å²) in [6.45, 7) is 4.28. The molecule has 1 aliphatic rings. The molecule has 0 saturated carbocycles. The summed E-state index contributed by atoms with van der Waals surface area (Å²) < 4.78 is 12.3. The van der Waals surface area contributed by atoms with Crippen molar-refractivity contribution in [1.29, 1.82) is 0 Å². The van der Waals surface area contributed by atoms with Crippen LogP contribution in [0.25, 0.3) is 0 Å². The van der Waals surface area contributed by atoms with Gasteiger partial charge >= 0.3 is 0 Å². The van der Waals surface area contributed by atoms with Gasteiger partial charge in [-0.15, -0.1) is 0 Å². The van der Waals surface area contributed by atoms with Crippen LogP contribution < -0.4 is 20.3 Å². The maximum Gasteiger partial charge on any atom is 0.263 e. The fourth-order valence-corrected chi connectivity index (χ4v) is 4.09. The Morgan fingerprint density at radius 2 is 2.03 bits per heavy atom. The van der Waals surface area contributed by atoms with Crippen LogP contribution in [0.15, 0.2) is 52.1 Å². The summed E-state index contributed by atoms with van der Waals surface area (Å²) in [5.74, 6) is 1.03. The molecule has 1 amide bonds. The molecule has 0 fully saturated rings. The molecule has 1 N–H and O–H groups in total. The van der Waals surface area contributed by atoms with Gasteiger partial charge in [-0.3, -0.25) is 9.59 Å². The molecule has 4 rings (SSSR count). The molecule has 150 valence electrons. The fourth-order valence-electron chi connectivity index (χ4n) is 3.41. The zero-order chi connectivity index (χ0) is 20.4. The summed E-state index contributed by atoms with van der Waals surface area (Å²) in [7, 11) is 0. The number of ether oxygens (including phenoxy) is 2. The number of thiophene rings is 1. The maximum atomic E-state index is 13.0. The lowest BCUT2D eigenvalue weighted by molar-refractivity contribution is 0.0937. The molecule has 6 nitrogen and oxygen atoms in total. The van der Waals surface area contributed by atoms with Crippen molar-refractivity contribution in [3.63, 3.8) is 0 Å². The Bertz CT molecular complexity index is 1090. The van der Waals surface area contributed by atoms with Gasteiger partial charge in [0.2, 0.25) is 6.79 Å². The normalized spacial score (nSPS) is 13.3. The highest BCUT2D eigenvalue weighted by molar-refractivity contribution is 7.07. The van der Waals surface area contributed by atoms with Crippen LogP contribution >= 0.6 is 11.3 Å². The Hall–Kier alpha value is -3.06. The van der Waals surface area contributed by atoms with Crippen LogP contribution in [0, 0.1) is 6.92 Å². The quantitative estimate of drug-likeness (QED) is 0.677.